The van der Waals surface area contributed by atoms with E-state index in [0.29, 0.717) is 43.3 Å². The van der Waals surface area contributed by atoms with Crippen LogP contribution in [0.2, 0.25) is 10.0 Å². The van der Waals surface area contributed by atoms with Gasteiger partial charge in [0.1, 0.15) is 0 Å². The molecule has 3 N–H and O–H groups in total. The van der Waals surface area contributed by atoms with Crippen molar-refractivity contribution in [1.29, 1.82) is 0 Å². The Labute approximate surface area is 203 Å². The molecule has 7 nitrogen and oxygen atoms in total. The number of hydrogen-bond donors (Lipinski definition) is 3. The average Bonchev–Trinajstić information content (AvgIpc) is 3.39. The molecule has 168 valence electrons. The van der Waals surface area contributed by atoms with E-state index in [0.717, 1.165) is 5.56 Å². The molecule has 5 aromatic rings. The van der Waals surface area contributed by atoms with E-state index in [-0.39, 0.29) is 5.43 Å². The van der Waals surface area contributed by atoms with Gasteiger partial charge in [-0.2, -0.15) is 5.10 Å². The predicted molar refractivity (Wildman–Crippen MR) is 132 cm³/mol. The fourth-order valence-corrected chi connectivity index (χ4v) is 4.18. The van der Waals surface area contributed by atoms with Gasteiger partial charge in [0.2, 0.25) is 0 Å². The van der Waals surface area contributed by atoms with Crippen molar-refractivity contribution in [2.45, 2.75) is 6.04 Å². The molecule has 0 aliphatic carbocycles. The summed E-state index contributed by atoms with van der Waals surface area (Å²) >= 11 is 12.5. The van der Waals surface area contributed by atoms with Crippen molar-refractivity contribution in [3.63, 3.8) is 0 Å². The molecule has 1 atom stereocenters. The molecule has 3 aromatic heterocycles. The molecule has 0 spiro atoms. The number of carbonyl (C=O) groups is 1. The largest absolute Gasteiger partial charge is 0.361 e. The number of hydrogen-bond acceptors (Lipinski definition) is 4. The maximum Gasteiger partial charge on any atom is 0.253 e. The highest BCUT2D eigenvalue weighted by molar-refractivity contribution is 6.31. The number of carbonyl (C=O) groups excluding carboxylic acids is 1. The number of fused-ring (bicyclic) bond motifs is 1. The summed E-state index contributed by atoms with van der Waals surface area (Å²) in [4.78, 5) is 34.0. The first kappa shape index (κ1) is 21.9. The number of aromatic amines is 2. The molecule has 0 bridgehead atoms. The molecule has 0 aliphatic rings. The number of aromatic nitrogens is 4. The van der Waals surface area contributed by atoms with E-state index in [1.54, 1.807) is 73.2 Å². The minimum Gasteiger partial charge on any atom is -0.361 e. The van der Waals surface area contributed by atoms with Gasteiger partial charge in [0, 0.05) is 45.1 Å². The highest BCUT2D eigenvalue weighted by Gasteiger charge is 2.24. The second-order valence-corrected chi connectivity index (χ2v) is 8.45. The summed E-state index contributed by atoms with van der Waals surface area (Å²) in [5.41, 5.74) is 3.14. The Morgan fingerprint density at radius 3 is 2.56 bits per heavy atom. The minimum absolute atomic E-state index is 0.232. The summed E-state index contributed by atoms with van der Waals surface area (Å²) in [6.45, 7) is 0. The zero-order chi connectivity index (χ0) is 23.7. The van der Waals surface area contributed by atoms with E-state index in [4.69, 9.17) is 23.2 Å². The van der Waals surface area contributed by atoms with Crippen molar-refractivity contribution in [3.8, 4) is 11.3 Å². The van der Waals surface area contributed by atoms with Crippen LogP contribution in [0.1, 0.15) is 27.5 Å². The van der Waals surface area contributed by atoms with Crippen molar-refractivity contribution in [2.75, 3.05) is 0 Å². The normalized spacial score (nSPS) is 11.9. The van der Waals surface area contributed by atoms with Crippen molar-refractivity contribution in [3.05, 3.63) is 116 Å². The fraction of sp³-hybridized carbons (Fsp3) is 0.0400. The van der Waals surface area contributed by atoms with Gasteiger partial charge in [0.25, 0.3) is 5.91 Å². The zero-order valence-electron chi connectivity index (χ0n) is 17.5. The number of H-pyrrole nitrogens is 2. The second-order valence-electron chi connectivity index (χ2n) is 7.61. The zero-order valence-corrected chi connectivity index (χ0v) is 19.1. The van der Waals surface area contributed by atoms with Crippen molar-refractivity contribution >= 4 is 40.0 Å². The van der Waals surface area contributed by atoms with Gasteiger partial charge in [0.05, 0.1) is 29.0 Å². The van der Waals surface area contributed by atoms with Crippen LogP contribution in [0.15, 0.2) is 84.2 Å². The van der Waals surface area contributed by atoms with Crippen molar-refractivity contribution in [1.82, 2.24) is 25.5 Å². The maximum absolute atomic E-state index is 13.4. The van der Waals surface area contributed by atoms with Gasteiger partial charge in [-0.05, 0) is 42.0 Å². The second kappa shape index (κ2) is 9.13. The molecule has 0 saturated heterocycles. The predicted octanol–water partition coefficient (Wildman–Crippen LogP) is 5.14. The van der Waals surface area contributed by atoms with Gasteiger partial charge < -0.3 is 10.3 Å². The van der Waals surface area contributed by atoms with Crippen molar-refractivity contribution < 1.29 is 4.79 Å². The highest BCUT2D eigenvalue weighted by Crippen LogP contribution is 2.28. The SMILES string of the molecule is O=C(NC(c1ccccc1Cl)c1c[nH]c2cc(Cl)ccc2c1=O)c1ccc(-c2cn[nH]c2)nc1. The summed E-state index contributed by atoms with van der Waals surface area (Å²) in [6, 6.07) is 14.7. The van der Waals surface area contributed by atoms with E-state index < -0.39 is 11.9 Å². The minimum atomic E-state index is -0.793. The van der Waals surface area contributed by atoms with Crippen LogP contribution in [0.4, 0.5) is 0 Å². The van der Waals surface area contributed by atoms with Crippen molar-refractivity contribution in [2.24, 2.45) is 0 Å². The lowest BCUT2D eigenvalue weighted by Gasteiger charge is -2.21. The lowest BCUT2D eigenvalue weighted by Crippen LogP contribution is -2.33. The van der Waals surface area contributed by atoms with Gasteiger partial charge in [-0.15, -0.1) is 0 Å². The summed E-state index contributed by atoms with van der Waals surface area (Å²) < 4.78 is 0. The third kappa shape index (κ3) is 4.19. The number of pyridine rings is 2. The lowest BCUT2D eigenvalue weighted by molar-refractivity contribution is 0.0942. The van der Waals surface area contributed by atoms with E-state index in [2.05, 4.69) is 25.5 Å². The molecule has 9 heteroatoms. The molecule has 0 radical (unpaired) electrons. The smallest absolute Gasteiger partial charge is 0.253 e. The van der Waals surface area contributed by atoms with E-state index in [1.165, 1.54) is 6.20 Å². The molecule has 3 heterocycles. The Morgan fingerprint density at radius 1 is 0.971 bits per heavy atom. The fourth-order valence-electron chi connectivity index (χ4n) is 3.76. The molecule has 0 fully saturated rings. The first-order valence-electron chi connectivity index (χ1n) is 10.3. The number of amides is 1. The lowest BCUT2D eigenvalue weighted by atomic mass is 9.97. The van der Waals surface area contributed by atoms with Crippen LogP contribution in [0.5, 0.6) is 0 Å². The molecule has 0 aliphatic heterocycles. The molecule has 1 unspecified atom stereocenters. The van der Waals surface area contributed by atoms with Crippen LogP contribution in [0, 0.1) is 0 Å². The summed E-state index contributed by atoms with van der Waals surface area (Å²) in [5.74, 6) is -0.397. The molecular weight excluding hydrogens is 473 g/mol. The standard InChI is InChI=1S/C25H17Cl2N5O2/c26-16-6-7-18-22(9-16)29-13-19(24(18)33)23(17-3-1-2-4-20(17)27)32-25(34)14-5-8-21(28-10-14)15-11-30-31-12-15/h1-13,23H,(H,29,33)(H,30,31)(H,32,34). The Kier molecular flexibility index (Phi) is 5.88. The molecule has 2 aromatic carbocycles. The molecule has 5 rings (SSSR count). The van der Waals surface area contributed by atoms with Crippen LogP contribution < -0.4 is 10.7 Å². The Bertz CT molecular complexity index is 1550. The molecule has 1 amide bonds. The molecule has 0 saturated carbocycles. The van der Waals surface area contributed by atoms with Gasteiger partial charge in [-0.3, -0.25) is 19.7 Å². The Hall–Kier alpha value is -3.94. The quantitative estimate of drug-likeness (QED) is 0.318. The van der Waals surface area contributed by atoms with E-state index in [1.807, 2.05) is 0 Å². The maximum atomic E-state index is 13.4. The third-order valence-corrected chi connectivity index (χ3v) is 6.07. The van der Waals surface area contributed by atoms with Crippen LogP contribution in [-0.4, -0.2) is 26.1 Å². The van der Waals surface area contributed by atoms with Crippen LogP contribution >= 0.6 is 23.2 Å². The number of rotatable bonds is 5. The van der Waals surface area contributed by atoms with Gasteiger partial charge >= 0.3 is 0 Å². The van der Waals surface area contributed by atoms with Crippen LogP contribution in [0.25, 0.3) is 22.2 Å². The topological polar surface area (TPSA) is 104 Å². The van der Waals surface area contributed by atoms with Crippen LogP contribution in [-0.2, 0) is 0 Å². The van der Waals surface area contributed by atoms with E-state index >= 15 is 0 Å². The van der Waals surface area contributed by atoms with Gasteiger partial charge in [0.15, 0.2) is 5.43 Å². The third-order valence-electron chi connectivity index (χ3n) is 5.49. The highest BCUT2D eigenvalue weighted by atomic mass is 35.5. The Morgan fingerprint density at radius 2 is 1.82 bits per heavy atom. The Balaban J connectivity index is 1.54. The van der Waals surface area contributed by atoms with E-state index in [9.17, 15) is 9.59 Å². The monoisotopic (exact) mass is 489 g/mol. The molecule has 34 heavy (non-hydrogen) atoms. The number of nitrogens with zero attached hydrogens (tertiary/aromatic N) is 2. The first-order valence-corrected chi connectivity index (χ1v) is 11.1. The van der Waals surface area contributed by atoms with Gasteiger partial charge in [-0.1, -0.05) is 41.4 Å². The summed E-state index contributed by atoms with van der Waals surface area (Å²) in [7, 11) is 0. The number of halogens is 2. The summed E-state index contributed by atoms with van der Waals surface area (Å²) in [5, 5.41) is 11.0. The summed E-state index contributed by atoms with van der Waals surface area (Å²) in [6.07, 6.45) is 6.42. The first-order chi connectivity index (χ1) is 16.5. The van der Waals surface area contributed by atoms with Crippen LogP contribution in [0.3, 0.4) is 0 Å². The molecular formula is C25H17Cl2N5O2. The average molecular weight is 490 g/mol. The van der Waals surface area contributed by atoms with Gasteiger partial charge in [-0.25, -0.2) is 0 Å². The number of benzene rings is 2. The number of nitrogens with one attached hydrogen (secondary N) is 3.